The smallest absolute Gasteiger partial charge is 0.234 e. The number of ether oxygens (including phenoxy) is 1. The second kappa shape index (κ2) is 10.5. The zero-order chi connectivity index (χ0) is 20.8. The van der Waals surface area contributed by atoms with Crippen LogP contribution in [0.3, 0.4) is 0 Å². The van der Waals surface area contributed by atoms with Crippen LogP contribution in [0.1, 0.15) is 11.1 Å². The highest BCUT2D eigenvalue weighted by Gasteiger charge is 2.13. The number of aryl methyl sites for hydroxylation is 1. The lowest BCUT2D eigenvalue weighted by atomic mass is 10.2. The highest BCUT2D eigenvalue weighted by Crippen LogP contribution is 2.33. The van der Waals surface area contributed by atoms with Gasteiger partial charge in [0.2, 0.25) is 5.91 Å². The highest BCUT2D eigenvalue weighted by molar-refractivity contribution is 8.03. The maximum absolute atomic E-state index is 12.3. The van der Waals surface area contributed by atoms with Gasteiger partial charge >= 0.3 is 0 Å². The summed E-state index contributed by atoms with van der Waals surface area (Å²) in [5.41, 5.74) is 2.62. The van der Waals surface area contributed by atoms with Crippen molar-refractivity contribution >= 4 is 69.7 Å². The van der Waals surface area contributed by atoms with E-state index in [1.54, 1.807) is 23.9 Å². The SMILES string of the molecule is COc1cc(Cl)c(C)cc1NC(=O)CSc1nnc(SCc2ccc(Cl)cc2)s1. The van der Waals surface area contributed by atoms with Gasteiger partial charge in [0, 0.05) is 21.9 Å². The van der Waals surface area contributed by atoms with Crippen molar-refractivity contribution in [1.82, 2.24) is 10.2 Å². The minimum absolute atomic E-state index is 0.152. The zero-order valence-electron chi connectivity index (χ0n) is 15.6. The minimum atomic E-state index is -0.152. The summed E-state index contributed by atoms with van der Waals surface area (Å²) in [5, 5.41) is 12.5. The summed E-state index contributed by atoms with van der Waals surface area (Å²) in [4.78, 5) is 12.3. The number of methoxy groups -OCH3 is 1. The van der Waals surface area contributed by atoms with Crippen LogP contribution in [-0.2, 0) is 10.5 Å². The average molecular weight is 486 g/mol. The van der Waals surface area contributed by atoms with Gasteiger partial charge in [-0.1, -0.05) is 70.2 Å². The van der Waals surface area contributed by atoms with E-state index >= 15 is 0 Å². The third-order valence-electron chi connectivity index (χ3n) is 3.75. The van der Waals surface area contributed by atoms with Crippen molar-refractivity contribution in [3.63, 3.8) is 0 Å². The summed E-state index contributed by atoms with van der Waals surface area (Å²) in [5.74, 6) is 1.38. The minimum Gasteiger partial charge on any atom is -0.495 e. The van der Waals surface area contributed by atoms with Crippen LogP contribution in [-0.4, -0.2) is 29.0 Å². The van der Waals surface area contributed by atoms with Gasteiger partial charge in [0.15, 0.2) is 8.68 Å². The van der Waals surface area contributed by atoms with Crippen molar-refractivity contribution in [3.8, 4) is 5.75 Å². The lowest BCUT2D eigenvalue weighted by molar-refractivity contribution is -0.113. The summed E-state index contributed by atoms with van der Waals surface area (Å²) < 4.78 is 6.89. The molecule has 0 bridgehead atoms. The molecule has 0 atom stereocenters. The van der Waals surface area contributed by atoms with Gasteiger partial charge in [0.1, 0.15) is 5.75 Å². The number of rotatable bonds is 8. The molecular weight excluding hydrogens is 469 g/mol. The number of hydrogen-bond donors (Lipinski definition) is 1. The fourth-order valence-electron chi connectivity index (χ4n) is 2.28. The molecule has 0 unspecified atom stereocenters. The number of halogens is 2. The maximum Gasteiger partial charge on any atom is 0.234 e. The van der Waals surface area contributed by atoms with E-state index in [0.29, 0.717) is 16.5 Å². The standard InChI is InChI=1S/C19H17Cl2N3O2S3/c1-11-7-15(16(26-2)8-14(11)21)22-17(25)10-28-19-24-23-18(29-19)27-9-12-3-5-13(20)6-4-12/h3-8H,9-10H2,1-2H3,(H,22,25). The highest BCUT2D eigenvalue weighted by atomic mass is 35.5. The Balaban J connectivity index is 1.51. The Hall–Kier alpha value is -1.45. The Labute approximate surface area is 191 Å². The average Bonchev–Trinajstić information content (AvgIpc) is 3.16. The third kappa shape index (κ3) is 6.52. The number of nitrogens with zero attached hydrogens (tertiary/aromatic N) is 2. The lowest BCUT2D eigenvalue weighted by Gasteiger charge is -2.11. The second-order valence-electron chi connectivity index (χ2n) is 5.89. The van der Waals surface area contributed by atoms with Crippen molar-refractivity contribution in [2.24, 2.45) is 0 Å². The number of anilines is 1. The topological polar surface area (TPSA) is 64.1 Å². The van der Waals surface area contributed by atoms with E-state index in [4.69, 9.17) is 27.9 Å². The maximum atomic E-state index is 12.3. The molecule has 0 aliphatic heterocycles. The normalized spacial score (nSPS) is 10.8. The Kier molecular flexibility index (Phi) is 8.08. The predicted octanol–water partition coefficient (Wildman–Crippen LogP) is 6.19. The molecule has 5 nitrogen and oxygen atoms in total. The van der Waals surface area contributed by atoms with Crippen LogP contribution in [0.25, 0.3) is 0 Å². The predicted molar refractivity (Wildman–Crippen MR) is 123 cm³/mol. The molecule has 1 N–H and O–H groups in total. The van der Waals surface area contributed by atoms with Gasteiger partial charge in [-0.2, -0.15) is 0 Å². The van der Waals surface area contributed by atoms with Crippen LogP contribution in [0.4, 0.5) is 5.69 Å². The second-order valence-corrected chi connectivity index (χ2v) is 10.2. The molecule has 29 heavy (non-hydrogen) atoms. The van der Waals surface area contributed by atoms with Crippen LogP contribution < -0.4 is 10.1 Å². The van der Waals surface area contributed by atoms with Gasteiger partial charge in [0.25, 0.3) is 0 Å². The first-order valence-electron chi connectivity index (χ1n) is 8.42. The van der Waals surface area contributed by atoms with E-state index in [0.717, 1.165) is 30.6 Å². The molecular formula is C19H17Cl2N3O2S3. The molecule has 2 aromatic carbocycles. The molecule has 1 heterocycles. The molecule has 3 rings (SSSR count). The number of hydrogen-bond acceptors (Lipinski definition) is 7. The quantitative estimate of drug-likeness (QED) is 0.384. The van der Waals surface area contributed by atoms with Crippen LogP contribution >= 0.6 is 58.1 Å². The van der Waals surface area contributed by atoms with E-state index in [1.165, 1.54) is 30.2 Å². The number of carbonyl (C=O) groups excluding carboxylic acids is 1. The molecule has 1 amide bonds. The van der Waals surface area contributed by atoms with Gasteiger partial charge < -0.3 is 10.1 Å². The summed E-state index contributed by atoms with van der Waals surface area (Å²) in [6.45, 7) is 1.87. The molecule has 10 heteroatoms. The fraction of sp³-hybridized carbons (Fsp3) is 0.211. The van der Waals surface area contributed by atoms with Gasteiger partial charge in [-0.05, 0) is 36.2 Å². The van der Waals surface area contributed by atoms with Gasteiger partial charge in [-0.3, -0.25) is 4.79 Å². The summed E-state index contributed by atoms with van der Waals surface area (Å²) >= 11 is 16.4. The number of carbonyl (C=O) groups is 1. The molecule has 0 saturated carbocycles. The first-order chi connectivity index (χ1) is 13.9. The Morgan fingerprint density at radius 1 is 1.14 bits per heavy atom. The molecule has 0 spiro atoms. The Morgan fingerprint density at radius 2 is 1.83 bits per heavy atom. The number of nitrogens with one attached hydrogen (secondary N) is 1. The number of amides is 1. The summed E-state index contributed by atoms with van der Waals surface area (Å²) in [6.07, 6.45) is 0. The molecule has 152 valence electrons. The first-order valence-corrected chi connectivity index (χ1v) is 12.0. The zero-order valence-corrected chi connectivity index (χ0v) is 19.5. The van der Waals surface area contributed by atoms with E-state index < -0.39 is 0 Å². The van der Waals surface area contributed by atoms with Gasteiger partial charge in [-0.15, -0.1) is 10.2 Å². The molecule has 3 aromatic rings. The molecule has 1 aromatic heterocycles. The van der Waals surface area contributed by atoms with Gasteiger partial charge in [0.05, 0.1) is 18.6 Å². The van der Waals surface area contributed by atoms with Crippen molar-refractivity contribution in [2.75, 3.05) is 18.2 Å². The molecule has 0 aliphatic carbocycles. The molecule has 0 saturated heterocycles. The fourth-order valence-corrected chi connectivity index (χ4v) is 5.34. The first kappa shape index (κ1) is 22.2. The molecule has 0 fully saturated rings. The van der Waals surface area contributed by atoms with E-state index in [9.17, 15) is 4.79 Å². The largest absolute Gasteiger partial charge is 0.495 e. The van der Waals surface area contributed by atoms with E-state index in [2.05, 4.69) is 15.5 Å². The van der Waals surface area contributed by atoms with E-state index in [-0.39, 0.29) is 11.7 Å². The van der Waals surface area contributed by atoms with Crippen LogP contribution in [0.15, 0.2) is 45.1 Å². The van der Waals surface area contributed by atoms with Crippen molar-refractivity contribution in [1.29, 1.82) is 0 Å². The van der Waals surface area contributed by atoms with Crippen LogP contribution in [0.5, 0.6) is 5.75 Å². The monoisotopic (exact) mass is 485 g/mol. The third-order valence-corrected chi connectivity index (χ3v) is 7.67. The van der Waals surface area contributed by atoms with Crippen LogP contribution in [0, 0.1) is 6.92 Å². The number of benzene rings is 2. The van der Waals surface area contributed by atoms with Crippen LogP contribution in [0.2, 0.25) is 10.0 Å². The lowest BCUT2D eigenvalue weighted by Crippen LogP contribution is -2.14. The summed E-state index contributed by atoms with van der Waals surface area (Å²) in [7, 11) is 1.54. The Morgan fingerprint density at radius 3 is 2.52 bits per heavy atom. The van der Waals surface area contributed by atoms with Crippen molar-refractivity contribution < 1.29 is 9.53 Å². The molecule has 0 aliphatic rings. The van der Waals surface area contributed by atoms with Crippen molar-refractivity contribution in [3.05, 3.63) is 57.6 Å². The van der Waals surface area contributed by atoms with Crippen molar-refractivity contribution in [2.45, 2.75) is 21.4 Å². The number of thioether (sulfide) groups is 2. The summed E-state index contributed by atoms with van der Waals surface area (Å²) in [6, 6.07) is 11.2. The van der Waals surface area contributed by atoms with E-state index in [1.807, 2.05) is 31.2 Å². The number of aromatic nitrogens is 2. The van der Waals surface area contributed by atoms with Gasteiger partial charge in [-0.25, -0.2) is 0 Å². The Bertz CT molecular complexity index is 997. The molecule has 0 radical (unpaired) electrons.